The Morgan fingerprint density at radius 3 is 2.39 bits per heavy atom. The number of non-ortho nitro benzene ring substituents is 1. The lowest BCUT2D eigenvalue weighted by atomic mass is 9.95. The molecule has 0 fully saturated rings. The van der Waals surface area contributed by atoms with Gasteiger partial charge >= 0.3 is 0 Å². The number of amides is 2. The third-order valence-electron chi connectivity index (χ3n) is 5.20. The number of carbonyl (C=O) groups is 2. The van der Waals surface area contributed by atoms with Crippen LogP contribution in [0.4, 0.5) is 17.1 Å². The van der Waals surface area contributed by atoms with Crippen molar-refractivity contribution in [3.63, 3.8) is 0 Å². The second-order valence-corrected chi connectivity index (χ2v) is 7.68. The highest BCUT2D eigenvalue weighted by atomic mass is 35.5. The van der Waals surface area contributed by atoms with Crippen LogP contribution >= 0.6 is 11.6 Å². The number of hydrogen-bond acceptors (Lipinski definition) is 6. The van der Waals surface area contributed by atoms with E-state index in [1.165, 1.54) is 4.90 Å². The average molecular weight is 467 g/mol. The molecule has 1 atom stereocenters. The minimum absolute atomic E-state index is 0.371. The Labute approximate surface area is 191 Å². The Kier molecular flexibility index (Phi) is 5.76. The maximum absolute atomic E-state index is 13.6. The Morgan fingerprint density at radius 1 is 1.00 bits per heavy atom. The highest BCUT2D eigenvalue weighted by Crippen LogP contribution is 2.39. The van der Waals surface area contributed by atoms with Gasteiger partial charge in [0.15, 0.2) is 0 Å². The molecule has 3 aromatic rings. The van der Waals surface area contributed by atoms with Crippen LogP contribution in [0.3, 0.4) is 0 Å². The molecule has 10 nitrogen and oxygen atoms in total. The Balaban J connectivity index is 1.91. The predicted octanol–water partition coefficient (Wildman–Crippen LogP) is 4.34. The zero-order valence-electron chi connectivity index (χ0n) is 16.8. The van der Waals surface area contributed by atoms with Gasteiger partial charge < -0.3 is 10.2 Å². The van der Waals surface area contributed by atoms with Crippen molar-refractivity contribution < 1.29 is 19.4 Å². The molecule has 0 saturated carbocycles. The Bertz CT molecular complexity index is 1300. The number of carbonyl (C=O) groups excluding carboxylic acids is 2. The minimum atomic E-state index is -0.861. The first kappa shape index (κ1) is 21.9. The average Bonchev–Trinajstić information content (AvgIpc) is 2.94. The maximum Gasteiger partial charge on any atom is 0.289 e. The smallest absolute Gasteiger partial charge is 0.289 e. The van der Waals surface area contributed by atoms with E-state index in [-0.39, 0.29) is 5.56 Å². The highest BCUT2D eigenvalue weighted by Gasteiger charge is 2.37. The molecular weight excluding hydrogens is 452 g/mol. The van der Waals surface area contributed by atoms with Crippen LogP contribution in [0.25, 0.3) is 0 Å². The third-order valence-corrected chi connectivity index (χ3v) is 5.44. The summed E-state index contributed by atoms with van der Waals surface area (Å²) in [6, 6.07) is 15.6. The number of hydrogen-bond donors (Lipinski definition) is 1. The summed E-state index contributed by atoms with van der Waals surface area (Å²) in [5.41, 5.74) is 0.00467. The van der Waals surface area contributed by atoms with Crippen LogP contribution in [-0.4, -0.2) is 33.1 Å². The lowest BCUT2D eigenvalue weighted by molar-refractivity contribution is -0.394. The van der Waals surface area contributed by atoms with E-state index in [0.717, 1.165) is 18.2 Å². The summed E-state index contributed by atoms with van der Waals surface area (Å²) in [5.74, 6) is -1.33. The van der Waals surface area contributed by atoms with Gasteiger partial charge in [-0.15, -0.1) is 0 Å². The molecule has 2 amide bonds. The molecule has 1 aliphatic heterocycles. The quantitative estimate of drug-likeness (QED) is 0.448. The van der Waals surface area contributed by atoms with Gasteiger partial charge in [0.25, 0.3) is 17.3 Å². The van der Waals surface area contributed by atoms with Gasteiger partial charge in [0.1, 0.15) is 12.1 Å². The van der Waals surface area contributed by atoms with Crippen molar-refractivity contribution in [1.29, 1.82) is 0 Å². The highest BCUT2D eigenvalue weighted by molar-refractivity contribution is 6.30. The molecule has 0 radical (unpaired) electrons. The number of rotatable bonds is 4. The van der Waals surface area contributed by atoms with Crippen LogP contribution in [0.15, 0.2) is 66.7 Å². The van der Waals surface area contributed by atoms with Crippen LogP contribution in [-0.2, 0) is 4.79 Å². The summed E-state index contributed by atoms with van der Waals surface area (Å²) in [7, 11) is 0. The van der Waals surface area contributed by atoms with Gasteiger partial charge in [0.2, 0.25) is 5.91 Å². The van der Waals surface area contributed by atoms with E-state index in [0.29, 0.717) is 21.8 Å². The standard InChI is InChI=1S/C22H15ClN4O6/c23-14-6-9-18-17(10-14)21(13-4-2-1-3-5-13)25(12-20(28)24-18)22(29)16-8-7-15(26(30)31)11-19(16)27(32)33/h1-11,21H,12H2,(H,24,28). The van der Waals surface area contributed by atoms with Crippen molar-refractivity contribution in [2.24, 2.45) is 0 Å². The first-order chi connectivity index (χ1) is 15.8. The number of halogens is 1. The van der Waals surface area contributed by atoms with Crippen LogP contribution in [0.5, 0.6) is 0 Å². The fourth-order valence-electron chi connectivity index (χ4n) is 3.78. The van der Waals surface area contributed by atoms with Crippen molar-refractivity contribution in [3.05, 3.63) is 109 Å². The Morgan fingerprint density at radius 2 is 1.73 bits per heavy atom. The molecule has 1 N–H and O–H groups in total. The number of nitro groups is 2. The summed E-state index contributed by atoms with van der Waals surface area (Å²) in [5, 5.41) is 25.8. The van der Waals surface area contributed by atoms with Gasteiger partial charge in [-0.05, 0) is 29.8 Å². The normalized spacial score (nSPS) is 15.2. The summed E-state index contributed by atoms with van der Waals surface area (Å²) in [6.07, 6.45) is 0. The van der Waals surface area contributed by atoms with Gasteiger partial charge in [-0.3, -0.25) is 29.8 Å². The van der Waals surface area contributed by atoms with Crippen molar-refractivity contribution >= 4 is 40.5 Å². The molecule has 4 rings (SSSR count). The molecule has 0 aliphatic carbocycles. The summed E-state index contributed by atoms with van der Waals surface area (Å²) >= 11 is 6.21. The van der Waals surface area contributed by atoms with Gasteiger partial charge in [-0.25, -0.2) is 0 Å². The second kappa shape index (κ2) is 8.67. The molecule has 0 aromatic heterocycles. The Hall–Kier alpha value is -4.31. The van der Waals surface area contributed by atoms with Gasteiger partial charge in [-0.1, -0.05) is 41.9 Å². The SMILES string of the molecule is O=C1CN(C(=O)c2ccc([N+](=O)[O-])cc2[N+](=O)[O-])C(c2ccccc2)c2cc(Cl)ccc2N1. The largest absolute Gasteiger partial charge is 0.324 e. The summed E-state index contributed by atoms with van der Waals surface area (Å²) in [4.78, 5) is 48.5. The fraction of sp³-hybridized carbons (Fsp3) is 0.0909. The van der Waals surface area contributed by atoms with Crippen LogP contribution in [0.2, 0.25) is 5.02 Å². The summed E-state index contributed by atoms with van der Waals surface area (Å²) < 4.78 is 0. The van der Waals surface area contributed by atoms with Crippen LogP contribution in [0.1, 0.15) is 27.5 Å². The number of anilines is 1. The van der Waals surface area contributed by atoms with E-state index in [4.69, 9.17) is 11.6 Å². The monoisotopic (exact) mass is 466 g/mol. The molecular formula is C22H15ClN4O6. The third kappa shape index (κ3) is 4.23. The summed E-state index contributed by atoms with van der Waals surface area (Å²) in [6.45, 7) is -0.404. The van der Waals surface area contributed by atoms with Gasteiger partial charge in [-0.2, -0.15) is 0 Å². The zero-order chi connectivity index (χ0) is 23.7. The molecule has 1 heterocycles. The first-order valence-electron chi connectivity index (χ1n) is 9.64. The molecule has 0 spiro atoms. The molecule has 1 unspecified atom stereocenters. The van der Waals surface area contributed by atoms with E-state index >= 15 is 0 Å². The predicted molar refractivity (Wildman–Crippen MR) is 119 cm³/mol. The minimum Gasteiger partial charge on any atom is -0.324 e. The molecule has 33 heavy (non-hydrogen) atoms. The molecule has 11 heteroatoms. The maximum atomic E-state index is 13.6. The number of fused-ring (bicyclic) bond motifs is 1. The van der Waals surface area contributed by atoms with Gasteiger partial charge in [0.05, 0.1) is 22.0 Å². The van der Waals surface area contributed by atoms with E-state index < -0.39 is 45.6 Å². The topological polar surface area (TPSA) is 136 Å². The van der Waals surface area contributed by atoms with E-state index in [2.05, 4.69) is 5.32 Å². The van der Waals surface area contributed by atoms with Crippen LogP contribution < -0.4 is 5.32 Å². The number of benzene rings is 3. The second-order valence-electron chi connectivity index (χ2n) is 7.24. The van der Waals surface area contributed by atoms with E-state index in [9.17, 15) is 29.8 Å². The lowest BCUT2D eigenvalue weighted by Crippen LogP contribution is -2.39. The number of nitrogens with zero attached hydrogens (tertiary/aromatic N) is 3. The molecule has 166 valence electrons. The number of nitro benzene ring substituents is 2. The van der Waals surface area contributed by atoms with Crippen molar-refractivity contribution in [2.45, 2.75) is 6.04 Å². The van der Waals surface area contributed by atoms with E-state index in [1.54, 1.807) is 48.5 Å². The lowest BCUT2D eigenvalue weighted by Gasteiger charge is -2.30. The molecule has 1 aliphatic rings. The molecule has 3 aromatic carbocycles. The van der Waals surface area contributed by atoms with Crippen molar-refractivity contribution in [2.75, 3.05) is 11.9 Å². The molecule has 0 saturated heterocycles. The van der Waals surface area contributed by atoms with E-state index in [1.807, 2.05) is 0 Å². The number of nitrogens with one attached hydrogen (secondary N) is 1. The van der Waals surface area contributed by atoms with Gasteiger partial charge in [0, 0.05) is 22.3 Å². The van der Waals surface area contributed by atoms with Crippen molar-refractivity contribution in [1.82, 2.24) is 4.90 Å². The van der Waals surface area contributed by atoms with Crippen molar-refractivity contribution in [3.8, 4) is 0 Å². The fourth-order valence-corrected chi connectivity index (χ4v) is 3.96. The zero-order valence-corrected chi connectivity index (χ0v) is 17.6. The first-order valence-corrected chi connectivity index (χ1v) is 10.0. The van der Waals surface area contributed by atoms with Crippen LogP contribution in [0, 0.1) is 20.2 Å². The molecule has 0 bridgehead atoms.